The van der Waals surface area contributed by atoms with Crippen LogP contribution in [0.4, 0.5) is 4.39 Å². The van der Waals surface area contributed by atoms with Gasteiger partial charge in [-0.1, -0.05) is 26.0 Å². The summed E-state index contributed by atoms with van der Waals surface area (Å²) in [5.41, 5.74) is 0.00623. The maximum absolute atomic E-state index is 13.2. The fourth-order valence-electron chi connectivity index (χ4n) is 2.85. The lowest BCUT2D eigenvalue weighted by Crippen LogP contribution is -2.36. The van der Waals surface area contributed by atoms with Gasteiger partial charge in [-0.15, -0.1) is 0 Å². The quantitative estimate of drug-likeness (QED) is 0.730. The summed E-state index contributed by atoms with van der Waals surface area (Å²) in [5.74, 6) is -1.12. The van der Waals surface area contributed by atoms with Crippen LogP contribution in [0.25, 0.3) is 0 Å². The van der Waals surface area contributed by atoms with Crippen molar-refractivity contribution in [3.63, 3.8) is 0 Å². The van der Waals surface area contributed by atoms with E-state index in [2.05, 4.69) is 10.6 Å². The van der Waals surface area contributed by atoms with Crippen molar-refractivity contribution < 1.29 is 14.0 Å². The van der Waals surface area contributed by atoms with Crippen LogP contribution < -0.4 is 16.1 Å². The number of hydrogen-bond acceptors (Lipinski definition) is 3. The van der Waals surface area contributed by atoms with Gasteiger partial charge in [0.1, 0.15) is 16.9 Å². The van der Waals surface area contributed by atoms with Crippen LogP contribution in [-0.4, -0.2) is 29.5 Å². The molecule has 0 atom stereocenters. The van der Waals surface area contributed by atoms with Crippen molar-refractivity contribution in [1.29, 1.82) is 0 Å². The molecule has 6 nitrogen and oxygen atoms in total. The third-order valence-corrected chi connectivity index (χ3v) is 4.07. The van der Waals surface area contributed by atoms with E-state index in [-0.39, 0.29) is 29.4 Å². The molecule has 0 radical (unpaired) electrons. The normalized spacial score (nSPS) is 10.8. The van der Waals surface area contributed by atoms with Gasteiger partial charge in [0, 0.05) is 32.0 Å². The molecule has 0 fully saturated rings. The van der Waals surface area contributed by atoms with Crippen molar-refractivity contribution in [1.82, 2.24) is 15.2 Å². The molecule has 0 saturated carbocycles. The Labute approximate surface area is 163 Å². The second-order valence-electron chi connectivity index (χ2n) is 7.00. The van der Waals surface area contributed by atoms with Crippen LogP contribution in [0.2, 0.25) is 0 Å². The molecule has 1 aromatic heterocycles. The lowest BCUT2D eigenvalue weighted by molar-refractivity contribution is 0.0951. The summed E-state index contributed by atoms with van der Waals surface area (Å²) in [5, 5.41) is 5.28. The minimum absolute atomic E-state index is 0.0553. The summed E-state index contributed by atoms with van der Waals surface area (Å²) in [6.45, 7) is 6.96. The third kappa shape index (κ3) is 5.77. The number of nitrogens with one attached hydrogen (secondary N) is 2. The van der Waals surface area contributed by atoms with Crippen LogP contribution in [0.3, 0.4) is 0 Å². The first-order chi connectivity index (χ1) is 13.3. The number of pyridine rings is 1. The Bertz CT molecular complexity index is 906. The molecule has 0 aliphatic rings. The zero-order valence-electron chi connectivity index (χ0n) is 16.4. The lowest BCUT2D eigenvalue weighted by Gasteiger charge is -2.14. The van der Waals surface area contributed by atoms with Gasteiger partial charge < -0.3 is 15.2 Å². The Morgan fingerprint density at radius 1 is 1.11 bits per heavy atom. The predicted octanol–water partition coefficient (Wildman–Crippen LogP) is 2.37. The molecule has 0 unspecified atom stereocenters. The average Bonchev–Trinajstić information content (AvgIpc) is 2.62. The van der Waals surface area contributed by atoms with Gasteiger partial charge in [0.2, 0.25) is 5.43 Å². The van der Waals surface area contributed by atoms with Crippen molar-refractivity contribution in [2.45, 2.75) is 33.7 Å². The highest BCUT2D eigenvalue weighted by Gasteiger charge is 2.19. The number of halogens is 1. The molecule has 0 aliphatic heterocycles. The van der Waals surface area contributed by atoms with E-state index in [1.54, 1.807) is 23.6 Å². The monoisotopic (exact) mass is 387 g/mol. The molecule has 1 heterocycles. The second-order valence-corrected chi connectivity index (χ2v) is 7.00. The van der Waals surface area contributed by atoms with Crippen molar-refractivity contribution in [3.8, 4) is 0 Å². The molecule has 2 amide bonds. The Kier molecular flexibility index (Phi) is 7.49. The van der Waals surface area contributed by atoms with Crippen molar-refractivity contribution in [2.75, 3.05) is 13.1 Å². The number of carbonyl (C=O) groups excluding carboxylic acids is 2. The molecule has 150 valence electrons. The molecule has 2 aromatic rings. The van der Waals surface area contributed by atoms with E-state index in [0.717, 1.165) is 5.56 Å². The molecule has 28 heavy (non-hydrogen) atoms. The van der Waals surface area contributed by atoms with Gasteiger partial charge in [-0.05, 0) is 37.0 Å². The number of carbonyl (C=O) groups is 2. The molecule has 7 heteroatoms. The largest absolute Gasteiger partial charge is 0.352 e. The van der Waals surface area contributed by atoms with Gasteiger partial charge in [0.15, 0.2) is 0 Å². The predicted molar refractivity (Wildman–Crippen MR) is 106 cm³/mol. The van der Waals surface area contributed by atoms with Crippen LogP contribution in [0.1, 0.15) is 47.1 Å². The molecule has 2 rings (SSSR count). The fraction of sp³-hybridized carbons (Fsp3) is 0.381. The highest BCUT2D eigenvalue weighted by atomic mass is 19.1. The van der Waals surface area contributed by atoms with E-state index in [1.807, 2.05) is 13.8 Å². The Morgan fingerprint density at radius 3 is 2.32 bits per heavy atom. The smallest absolute Gasteiger partial charge is 0.256 e. The van der Waals surface area contributed by atoms with Gasteiger partial charge in [-0.2, -0.15) is 0 Å². The highest BCUT2D eigenvalue weighted by Crippen LogP contribution is 2.06. The summed E-state index contributed by atoms with van der Waals surface area (Å²) in [7, 11) is 0. The van der Waals surface area contributed by atoms with Gasteiger partial charge in [0.05, 0.1) is 0 Å². The molecule has 0 aliphatic carbocycles. The van der Waals surface area contributed by atoms with Crippen molar-refractivity contribution >= 4 is 11.8 Å². The first-order valence-corrected chi connectivity index (χ1v) is 9.36. The van der Waals surface area contributed by atoms with Crippen LogP contribution in [0.5, 0.6) is 0 Å². The number of rotatable bonds is 8. The minimum Gasteiger partial charge on any atom is -0.352 e. The SMILES string of the molecule is CCNC(=O)c1cn(CC(C)C)cc(C(=O)NCCc2cccc(F)c2)c1=O. The molecule has 0 saturated heterocycles. The first-order valence-electron chi connectivity index (χ1n) is 9.36. The maximum atomic E-state index is 13.2. The molecule has 2 N–H and O–H groups in total. The zero-order chi connectivity index (χ0) is 20.7. The number of benzene rings is 1. The summed E-state index contributed by atoms with van der Waals surface area (Å²) >= 11 is 0. The van der Waals surface area contributed by atoms with Gasteiger partial charge in [0.25, 0.3) is 11.8 Å². The van der Waals surface area contributed by atoms with Crippen LogP contribution >= 0.6 is 0 Å². The average molecular weight is 387 g/mol. The van der Waals surface area contributed by atoms with Crippen molar-refractivity contribution in [2.24, 2.45) is 5.92 Å². The Hall–Kier alpha value is -2.96. The van der Waals surface area contributed by atoms with E-state index in [0.29, 0.717) is 19.5 Å². The van der Waals surface area contributed by atoms with E-state index in [1.165, 1.54) is 24.5 Å². The topological polar surface area (TPSA) is 80.2 Å². The van der Waals surface area contributed by atoms with E-state index >= 15 is 0 Å². The summed E-state index contributed by atoms with van der Waals surface area (Å²) in [6, 6.07) is 6.12. The van der Waals surface area contributed by atoms with Gasteiger partial charge in [-0.25, -0.2) is 4.39 Å². The fourth-order valence-corrected chi connectivity index (χ4v) is 2.85. The lowest BCUT2D eigenvalue weighted by atomic mass is 10.1. The zero-order valence-corrected chi connectivity index (χ0v) is 16.4. The van der Waals surface area contributed by atoms with E-state index in [4.69, 9.17) is 0 Å². The molecular formula is C21H26FN3O3. The molecule has 0 bridgehead atoms. The van der Waals surface area contributed by atoms with Gasteiger partial charge >= 0.3 is 0 Å². The Balaban J connectivity index is 2.21. The second kappa shape index (κ2) is 9.82. The molecule has 1 aromatic carbocycles. The number of aromatic nitrogens is 1. The minimum atomic E-state index is -0.603. The first kappa shape index (κ1) is 21.3. The number of hydrogen-bond donors (Lipinski definition) is 2. The van der Waals surface area contributed by atoms with Crippen LogP contribution in [0.15, 0.2) is 41.5 Å². The molecular weight excluding hydrogens is 361 g/mol. The van der Waals surface area contributed by atoms with Crippen LogP contribution in [0, 0.1) is 11.7 Å². The molecule has 0 spiro atoms. The van der Waals surface area contributed by atoms with Crippen molar-refractivity contribution in [3.05, 3.63) is 69.4 Å². The third-order valence-electron chi connectivity index (χ3n) is 4.07. The van der Waals surface area contributed by atoms with Gasteiger partial charge in [-0.3, -0.25) is 14.4 Å². The van der Waals surface area contributed by atoms with Crippen LogP contribution in [-0.2, 0) is 13.0 Å². The summed E-state index contributed by atoms with van der Waals surface area (Å²) in [4.78, 5) is 37.4. The number of amides is 2. The maximum Gasteiger partial charge on any atom is 0.256 e. The Morgan fingerprint density at radius 2 is 1.75 bits per heavy atom. The standard InChI is InChI=1S/C21H26FN3O3/c1-4-23-20(27)17-12-25(11-14(2)3)13-18(19(17)26)21(28)24-9-8-15-6-5-7-16(22)10-15/h5-7,10,12-14H,4,8-9,11H2,1-3H3,(H,23,27)(H,24,28). The summed E-state index contributed by atoms with van der Waals surface area (Å²) < 4.78 is 14.9. The highest BCUT2D eigenvalue weighted by molar-refractivity contribution is 5.99. The number of nitrogens with zero attached hydrogens (tertiary/aromatic N) is 1. The van der Waals surface area contributed by atoms with E-state index in [9.17, 15) is 18.8 Å². The van der Waals surface area contributed by atoms with E-state index < -0.39 is 17.2 Å². The summed E-state index contributed by atoms with van der Waals surface area (Å²) in [6.07, 6.45) is 3.39.